The van der Waals surface area contributed by atoms with Crippen LogP contribution in [-0.2, 0) is 12.8 Å². The second kappa shape index (κ2) is 5.13. The van der Waals surface area contributed by atoms with Crippen LogP contribution in [0.4, 0.5) is 19.0 Å². The second-order valence-corrected chi connectivity index (χ2v) is 4.35. The van der Waals surface area contributed by atoms with Gasteiger partial charge in [0.2, 0.25) is 0 Å². The molecule has 0 aliphatic carbocycles. The van der Waals surface area contributed by atoms with Crippen molar-refractivity contribution < 1.29 is 17.9 Å². The highest BCUT2D eigenvalue weighted by Gasteiger charge is 2.32. The van der Waals surface area contributed by atoms with Crippen LogP contribution in [0.5, 0.6) is 5.75 Å². The molecule has 0 bridgehead atoms. The number of aromatic amines is 1. The monoisotopic (exact) mass is 310 g/mol. The second-order valence-electron chi connectivity index (χ2n) is 4.35. The normalized spacial score (nSPS) is 11.8. The molecule has 0 spiro atoms. The third-order valence-electron chi connectivity index (χ3n) is 2.76. The topological polar surface area (TPSA) is 103 Å². The Labute approximate surface area is 121 Å². The van der Waals surface area contributed by atoms with Crippen molar-refractivity contribution in [2.75, 3.05) is 5.73 Å². The van der Waals surface area contributed by atoms with Gasteiger partial charge in [-0.05, 0) is 12.1 Å². The van der Waals surface area contributed by atoms with Gasteiger partial charge in [-0.25, -0.2) is 15.1 Å². The largest absolute Gasteiger partial charge is 0.485 e. The molecule has 0 radical (unpaired) electrons. The molecule has 3 rings (SSSR count). The Morgan fingerprint density at radius 2 is 2.05 bits per heavy atom. The summed E-state index contributed by atoms with van der Waals surface area (Å²) >= 11 is 0. The summed E-state index contributed by atoms with van der Waals surface area (Å²) in [5.41, 5.74) is 5.41. The van der Waals surface area contributed by atoms with Gasteiger partial charge in [0.1, 0.15) is 18.1 Å². The molecule has 3 N–H and O–H groups in total. The van der Waals surface area contributed by atoms with E-state index in [1.54, 1.807) is 0 Å². The Morgan fingerprint density at radius 3 is 2.82 bits per heavy atom. The van der Waals surface area contributed by atoms with Crippen molar-refractivity contribution in [3.05, 3.63) is 35.7 Å². The summed E-state index contributed by atoms with van der Waals surface area (Å²) in [6.45, 7) is -0.171. The molecule has 0 atom stereocenters. The van der Waals surface area contributed by atoms with Crippen molar-refractivity contribution in [2.45, 2.75) is 12.8 Å². The molecule has 0 aromatic carbocycles. The summed E-state index contributed by atoms with van der Waals surface area (Å²) in [6.07, 6.45) is -4.50. The molecule has 114 valence electrons. The fraction of sp³-hybridized carbons (Fsp3) is 0.167. The average molecular weight is 310 g/mol. The van der Waals surface area contributed by atoms with Gasteiger partial charge in [-0.15, -0.1) is 5.10 Å². The lowest BCUT2D eigenvalue weighted by molar-refractivity contribution is -0.141. The maximum absolute atomic E-state index is 12.6. The first-order chi connectivity index (χ1) is 10.4. The maximum atomic E-state index is 12.6. The fourth-order valence-electron chi connectivity index (χ4n) is 1.81. The number of pyridine rings is 2. The van der Waals surface area contributed by atoms with E-state index in [1.165, 1.54) is 18.2 Å². The van der Waals surface area contributed by atoms with Crippen molar-refractivity contribution in [3.63, 3.8) is 0 Å². The van der Waals surface area contributed by atoms with Gasteiger partial charge in [-0.2, -0.15) is 13.2 Å². The quantitative estimate of drug-likeness (QED) is 0.766. The zero-order valence-corrected chi connectivity index (χ0v) is 10.9. The van der Waals surface area contributed by atoms with Gasteiger partial charge in [0, 0.05) is 6.07 Å². The highest BCUT2D eigenvalue weighted by molar-refractivity contribution is 5.78. The summed E-state index contributed by atoms with van der Waals surface area (Å²) in [7, 11) is 0. The lowest BCUT2D eigenvalue weighted by Gasteiger charge is -2.09. The van der Waals surface area contributed by atoms with Crippen molar-refractivity contribution in [2.24, 2.45) is 0 Å². The zero-order chi connectivity index (χ0) is 15.7. The number of anilines is 1. The van der Waals surface area contributed by atoms with Gasteiger partial charge >= 0.3 is 6.18 Å². The molecule has 22 heavy (non-hydrogen) atoms. The Bertz CT molecular complexity index is 816. The number of nitrogens with zero attached hydrogens (tertiary/aromatic N) is 4. The van der Waals surface area contributed by atoms with E-state index in [0.717, 1.165) is 6.07 Å². The molecule has 0 saturated heterocycles. The van der Waals surface area contributed by atoms with Gasteiger partial charge in [-0.1, -0.05) is 11.3 Å². The molecule has 7 nitrogen and oxygen atoms in total. The molecule has 0 fully saturated rings. The summed E-state index contributed by atoms with van der Waals surface area (Å²) in [5.74, 6) is 0.431. The van der Waals surface area contributed by atoms with Crippen LogP contribution in [0.3, 0.4) is 0 Å². The standard InChI is InChI=1S/C12H9F3N6O/c13-12(14,15)8-3-1-2-6(17-8)5-22-7-4-9(16)18-11-10(7)19-21-20-11/h1-4H,5H2,(H3,16,18,19,20,21). The first-order valence-electron chi connectivity index (χ1n) is 6.06. The third-order valence-corrected chi connectivity index (χ3v) is 2.76. The summed E-state index contributed by atoms with van der Waals surface area (Å²) < 4.78 is 43.2. The number of fused-ring (bicyclic) bond motifs is 1. The molecular weight excluding hydrogens is 301 g/mol. The summed E-state index contributed by atoms with van der Waals surface area (Å²) in [5, 5.41) is 9.88. The number of hydrogen-bond donors (Lipinski definition) is 2. The first kappa shape index (κ1) is 14.0. The molecule has 3 aromatic rings. The molecule has 3 aromatic heterocycles. The average Bonchev–Trinajstić information content (AvgIpc) is 2.92. The van der Waals surface area contributed by atoms with Crippen LogP contribution in [-0.4, -0.2) is 25.4 Å². The predicted molar refractivity (Wildman–Crippen MR) is 69.7 cm³/mol. The number of H-pyrrole nitrogens is 1. The van der Waals surface area contributed by atoms with Crippen molar-refractivity contribution in [1.29, 1.82) is 0 Å². The van der Waals surface area contributed by atoms with E-state index in [2.05, 4.69) is 25.4 Å². The van der Waals surface area contributed by atoms with E-state index in [9.17, 15) is 13.2 Å². The van der Waals surface area contributed by atoms with Gasteiger partial charge in [0.25, 0.3) is 0 Å². The number of nitrogens with one attached hydrogen (secondary N) is 1. The van der Waals surface area contributed by atoms with Gasteiger partial charge in [-0.3, -0.25) is 0 Å². The molecule has 0 saturated carbocycles. The van der Waals surface area contributed by atoms with E-state index in [-0.39, 0.29) is 23.9 Å². The van der Waals surface area contributed by atoms with E-state index in [4.69, 9.17) is 10.5 Å². The minimum absolute atomic E-state index is 0.127. The number of rotatable bonds is 3. The van der Waals surface area contributed by atoms with Gasteiger partial charge in [0.15, 0.2) is 16.9 Å². The number of nitrogen functional groups attached to an aromatic ring is 1. The van der Waals surface area contributed by atoms with Crippen molar-refractivity contribution >= 4 is 17.0 Å². The number of ether oxygens (including phenoxy) is 1. The predicted octanol–water partition coefficient (Wildman–Crippen LogP) is 1.93. The van der Waals surface area contributed by atoms with Gasteiger partial charge in [0.05, 0.1) is 5.69 Å². The maximum Gasteiger partial charge on any atom is 0.433 e. The van der Waals surface area contributed by atoms with Crippen LogP contribution in [0, 0.1) is 0 Å². The Kier molecular flexibility index (Phi) is 3.28. The molecule has 0 aliphatic heterocycles. The van der Waals surface area contributed by atoms with Gasteiger partial charge < -0.3 is 10.5 Å². The zero-order valence-electron chi connectivity index (χ0n) is 10.9. The molecule has 0 unspecified atom stereocenters. The molecule has 0 amide bonds. The lowest BCUT2D eigenvalue weighted by atomic mass is 10.3. The van der Waals surface area contributed by atoms with Crippen LogP contribution < -0.4 is 10.5 Å². The number of aromatic nitrogens is 5. The molecular formula is C12H9F3N6O. The lowest BCUT2D eigenvalue weighted by Crippen LogP contribution is -2.10. The van der Waals surface area contributed by atoms with Crippen LogP contribution in [0.2, 0.25) is 0 Å². The van der Waals surface area contributed by atoms with Crippen LogP contribution in [0.25, 0.3) is 11.2 Å². The van der Waals surface area contributed by atoms with Crippen LogP contribution in [0.1, 0.15) is 11.4 Å². The molecule has 10 heteroatoms. The smallest absolute Gasteiger partial charge is 0.433 e. The minimum Gasteiger partial charge on any atom is -0.485 e. The van der Waals surface area contributed by atoms with Crippen LogP contribution in [0.15, 0.2) is 24.3 Å². The summed E-state index contributed by atoms with van der Waals surface area (Å²) in [6, 6.07) is 5.00. The van der Waals surface area contributed by atoms with E-state index in [1.807, 2.05) is 0 Å². The van der Waals surface area contributed by atoms with Crippen molar-refractivity contribution in [3.8, 4) is 5.75 Å². The minimum atomic E-state index is -4.50. The summed E-state index contributed by atoms with van der Waals surface area (Å²) in [4.78, 5) is 7.46. The Balaban J connectivity index is 1.84. The third kappa shape index (κ3) is 2.75. The van der Waals surface area contributed by atoms with E-state index < -0.39 is 11.9 Å². The first-order valence-corrected chi connectivity index (χ1v) is 6.06. The molecule has 0 aliphatic rings. The number of nitrogens with two attached hydrogens (primary N) is 1. The highest BCUT2D eigenvalue weighted by Crippen LogP contribution is 2.28. The SMILES string of the molecule is Nc1cc(OCc2cccc(C(F)(F)F)n2)c2nn[nH]c2n1. The fourth-order valence-corrected chi connectivity index (χ4v) is 1.81. The van der Waals surface area contributed by atoms with Crippen LogP contribution >= 0.6 is 0 Å². The van der Waals surface area contributed by atoms with E-state index in [0.29, 0.717) is 11.2 Å². The highest BCUT2D eigenvalue weighted by atomic mass is 19.4. The number of halogens is 3. The van der Waals surface area contributed by atoms with Crippen molar-refractivity contribution in [1.82, 2.24) is 25.4 Å². The van der Waals surface area contributed by atoms with E-state index >= 15 is 0 Å². The Hall–Kier alpha value is -2.91. The Morgan fingerprint density at radius 1 is 1.23 bits per heavy atom. The number of alkyl halides is 3. The molecule has 3 heterocycles. The number of hydrogen-bond acceptors (Lipinski definition) is 6.